The average molecular weight is 316 g/mol. The lowest BCUT2D eigenvalue weighted by Gasteiger charge is -2.07. The number of esters is 1. The highest BCUT2D eigenvalue weighted by molar-refractivity contribution is 5.91. The zero-order valence-corrected chi connectivity index (χ0v) is 13.4. The first-order chi connectivity index (χ1) is 10.9. The molecule has 6 heteroatoms. The van der Waals surface area contributed by atoms with Crippen molar-refractivity contribution in [3.8, 4) is 0 Å². The van der Waals surface area contributed by atoms with E-state index in [0.717, 1.165) is 17.0 Å². The van der Waals surface area contributed by atoms with Gasteiger partial charge in [-0.3, -0.25) is 0 Å². The van der Waals surface area contributed by atoms with Gasteiger partial charge in [-0.25, -0.2) is 9.59 Å². The van der Waals surface area contributed by atoms with Crippen molar-refractivity contribution in [2.75, 3.05) is 7.11 Å². The molecule has 0 radical (unpaired) electrons. The molecule has 2 aromatic rings. The molecule has 6 nitrogen and oxygen atoms in total. The van der Waals surface area contributed by atoms with E-state index in [-0.39, 0.29) is 11.5 Å². The number of aromatic nitrogens is 1. The number of ether oxygens (including phenoxy) is 1. The number of hydrogen-bond acceptors (Lipinski definition) is 4. The van der Waals surface area contributed by atoms with Crippen molar-refractivity contribution in [2.45, 2.75) is 20.0 Å². The summed E-state index contributed by atoms with van der Waals surface area (Å²) in [7, 11) is 3.27. The van der Waals surface area contributed by atoms with Crippen LogP contribution in [0, 0.1) is 6.92 Å². The van der Waals surface area contributed by atoms with E-state index in [1.807, 2.05) is 24.6 Å². The van der Waals surface area contributed by atoms with Crippen molar-refractivity contribution in [2.24, 2.45) is 7.05 Å². The molecule has 122 valence electrons. The van der Waals surface area contributed by atoms with Crippen LogP contribution in [0.25, 0.3) is 0 Å². The Hall–Kier alpha value is -2.60. The molecule has 0 saturated carbocycles. The molecule has 0 aliphatic heterocycles. The van der Waals surface area contributed by atoms with Gasteiger partial charge < -0.3 is 19.7 Å². The van der Waals surface area contributed by atoms with Gasteiger partial charge in [-0.15, -0.1) is 0 Å². The molecule has 1 aromatic carbocycles. The maximum Gasteiger partial charge on any atom is 0.339 e. The second-order valence-corrected chi connectivity index (χ2v) is 5.29. The van der Waals surface area contributed by atoms with E-state index in [9.17, 15) is 9.59 Å². The summed E-state index contributed by atoms with van der Waals surface area (Å²) in [6, 6.07) is 8.56. The Kier molecular flexibility index (Phi) is 5.18. The summed E-state index contributed by atoms with van der Waals surface area (Å²) < 4.78 is 6.72. The molecule has 0 bridgehead atoms. The molecular formula is C17H20N2O4. The van der Waals surface area contributed by atoms with Gasteiger partial charge in [0, 0.05) is 31.5 Å². The van der Waals surface area contributed by atoms with Gasteiger partial charge in [0.1, 0.15) is 0 Å². The summed E-state index contributed by atoms with van der Waals surface area (Å²) in [6.45, 7) is 3.08. The topological polar surface area (TPSA) is 80.6 Å². The van der Waals surface area contributed by atoms with Crippen LogP contribution in [0.3, 0.4) is 0 Å². The maximum atomic E-state index is 11.7. The van der Waals surface area contributed by atoms with E-state index in [0.29, 0.717) is 18.7 Å². The van der Waals surface area contributed by atoms with E-state index in [1.165, 1.54) is 7.11 Å². The Labute approximate surface area is 134 Å². The van der Waals surface area contributed by atoms with Crippen LogP contribution in [-0.4, -0.2) is 28.7 Å². The normalized spacial score (nSPS) is 10.6. The highest BCUT2D eigenvalue weighted by atomic mass is 16.5. The Bertz CT molecular complexity index is 717. The predicted octanol–water partition coefficient (Wildman–Crippen LogP) is 2.11. The highest BCUT2D eigenvalue weighted by Gasteiger charge is 2.15. The Morgan fingerprint density at radius 1 is 1.22 bits per heavy atom. The fourth-order valence-electron chi connectivity index (χ4n) is 2.35. The number of carbonyl (C=O) groups is 2. The number of nitrogens with zero attached hydrogens (tertiary/aromatic N) is 1. The van der Waals surface area contributed by atoms with Gasteiger partial charge in [0.05, 0.1) is 18.2 Å². The number of methoxy groups -OCH3 is 1. The molecule has 0 fully saturated rings. The second-order valence-electron chi connectivity index (χ2n) is 5.29. The summed E-state index contributed by atoms with van der Waals surface area (Å²) in [6.07, 6.45) is 0. The largest absolute Gasteiger partial charge is 0.478 e. The van der Waals surface area contributed by atoms with Crippen LogP contribution in [0.1, 0.15) is 37.7 Å². The molecule has 0 atom stereocenters. The second kappa shape index (κ2) is 7.11. The molecule has 0 aliphatic carbocycles. The minimum Gasteiger partial charge on any atom is -0.478 e. The first-order valence-electron chi connectivity index (χ1n) is 7.20. The van der Waals surface area contributed by atoms with E-state index >= 15 is 0 Å². The summed E-state index contributed by atoms with van der Waals surface area (Å²) in [5.74, 6) is -1.27. The smallest absolute Gasteiger partial charge is 0.339 e. The number of carbonyl (C=O) groups excluding carboxylic acids is 1. The summed E-state index contributed by atoms with van der Waals surface area (Å²) in [4.78, 5) is 22.5. The van der Waals surface area contributed by atoms with E-state index in [1.54, 1.807) is 24.3 Å². The lowest BCUT2D eigenvalue weighted by molar-refractivity contribution is 0.0599. The Morgan fingerprint density at radius 2 is 1.87 bits per heavy atom. The van der Waals surface area contributed by atoms with Crippen LogP contribution in [-0.2, 0) is 24.9 Å². The predicted molar refractivity (Wildman–Crippen MR) is 85.4 cm³/mol. The third kappa shape index (κ3) is 3.78. The third-order valence-electron chi connectivity index (χ3n) is 3.88. The molecule has 23 heavy (non-hydrogen) atoms. The van der Waals surface area contributed by atoms with Gasteiger partial charge in [0.15, 0.2) is 0 Å². The van der Waals surface area contributed by atoms with Crippen molar-refractivity contribution in [1.29, 1.82) is 0 Å². The van der Waals surface area contributed by atoms with Crippen molar-refractivity contribution < 1.29 is 19.4 Å². The molecule has 2 rings (SSSR count). The van der Waals surface area contributed by atoms with Crippen LogP contribution in [0.15, 0.2) is 30.3 Å². The SMILES string of the molecule is COC(=O)c1cc(CNCc2ccc(C(=O)O)cc2)n(C)c1C. The maximum absolute atomic E-state index is 11.7. The highest BCUT2D eigenvalue weighted by Crippen LogP contribution is 2.15. The molecule has 1 heterocycles. The van der Waals surface area contributed by atoms with Crippen molar-refractivity contribution >= 4 is 11.9 Å². The quantitative estimate of drug-likeness (QED) is 0.798. The lowest BCUT2D eigenvalue weighted by atomic mass is 10.1. The van der Waals surface area contributed by atoms with Crippen molar-refractivity contribution in [3.05, 3.63) is 58.4 Å². The number of carboxylic acids is 1. The molecule has 0 amide bonds. The number of nitrogens with one attached hydrogen (secondary N) is 1. The first kappa shape index (κ1) is 16.8. The summed E-state index contributed by atoms with van der Waals surface area (Å²) >= 11 is 0. The Morgan fingerprint density at radius 3 is 2.43 bits per heavy atom. The molecule has 2 N–H and O–H groups in total. The fourth-order valence-corrected chi connectivity index (χ4v) is 2.35. The average Bonchev–Trinajstić information content (AvgIpc) is 2.83. The molecule has 0 unspecified atom stereocenters. The van der Waals surface area contributed by atoms with E-state index in [2.05, 4.69) is 5.32 Å². The third-order valence-corrected chi connectivity index (χ3v) is 3.88. The minimum absolute atomic E-state index is 0.273. The van der Waals surface area contributed by atoms with Crippen LogP contribution in [0.5, 0.6) is 0 Å². The lowest BCUT2D eigenvalue weighted by Crippen LogP contribution is -2.15. The van der Waals surface area contributed by atoms with E-state index < -0.39 is 5.97 Å². The zero-order valence-electron chi connectivity index (χ0n) is 13.4. The van der Waals surface area contributed by atoms with E-state index in [4.69, 9.17) is 9.84 Å². The molecule has 0 aliphatic rings. The molecule has 0 spiro atoms. The van der Waals surface area contributed by atoms with Gasteiger partial charge in [-0.1, -0.05) is 12.1 Å². The van der Waals surface area contributed by atoms with Gasteiger partial charge in [-0.05, 0) is 30.7 Å². The first-order valence-corrected chi connectivity index (χ1v) is 7.20. The van der Waals surface area contributed by atoms with Crippen molar-refractivity contribution in [1.82, 2.24) is 9.88 Å². The van der Waals surface area contributed by atoms with Crippen LogP contribution < -0.4 is 5.32 Å². The molecule has 0 saturated heterocycles. The monoisotopic (exact) mass is 316 g/mol. The standard InChI is InChI=1S/C17H20N2O4/c1-11-15(17(22)23-3)8-14(19(11)2)10-18-9-12-4-6-13(7-5-12)16(20)21/h4-8,18H,9-10H2,1-3H3,(H,20,21). The number of carboxylic acid groups (broad SMARTS) is 1. The number of hydrogen-bond donors (Lipinski definition) is 2. The number of aromatic carboxylic acids is 1. The van der Waals surface area contributed by atoms with Gasteiger partial charge >= 0.3 is 11.9 Å². The fraction of sp³-hybridized carbons (Fsp3) is 0.294. The van der Waals surface area contributed by atoms with Gasteiger partial charge in [-0.2, -0.15) is 0 Å². The Balaban J connectivity index is 1.99. The summed E-state index contributed by atoms with van der Waals surface area (Å²) in [5.41, 5.74) is 3.67. The summed E-state index contributed by atoms with van der Waals surface area (Å²) in [5, 5.41) is 12.2. The van der Waals surface area contributed by atoms with Gasteiger partial charge in [0.2, 0.25) is 0 Å². The van der Waals surface area contributed by atoms with Crippen molar-refractivity contribution in [3.63, 3.8) is 0 Å². The van der Waals surface area contributed by atoms with Crippen LogP contribution >= 0.6 is 0 Å². The minimum atomic E-state index is -0.931. The molecular weight excluding hydrogens is 296 g/mol. The molecule has 1 aromatic heterocycles. The van der Waals surface area contributed by atoms with Crippen LogP contribution in [0.4, 0.5) is 0 Å². The van der Waals surface area contributed by atoms with Gasteiger partial charge in [0.25, 0.3) is 0 Å². The zero-order chi connectivity index (χ0) is 17.0. The number of benzene rings is 1. The number of rotatable bonds is 6. The van der Waals surface area contributed by atoms with Crippen LogP contribution in [0.2, 0.25) is 0 Å².